The average Bonchev–Trinajstić information content (AvgIpc) is 3.10. The van der Waals surface area contributed by atoms with E-state index in [4.69, 9.17) is 4.74 Å². The van der Waals surface area contributed by atoms with Crippen molar-refractivity contribution in [2.45, 2.75) is 12.5 Å². The number of carbonyl (C=O) groups is 1. The zero-order valence-electron chi connectivity index (χ0n) is 14.6. The number of pyridine rings is 1. The number of piperazine rings is 1. The van der Waals surface area contributed by atoms with Crippen molar-refractivity contribution < 1.29 is 9.53 Å². The minimum Gasteiger partial charge on any atom is -0.472 e. The molecule has 2 amide bonds. The van der Waals surface area contributed by atoms with Crippen molar-refractivity contribution in [3.8, 4) is 5.88 Å². The van der Waals surface area contributed by atoms with Crippen LogP contribution in [0.1, 0.15) is 6.42 Å². The number of rotatable bonds is 2. The van der Waals surface area contributed by atoms with E-state index in [1.165, 1.54) is 0 Å². The topological polar surface area (TPSA) is 48.9 Å². The molecule has 2 aliphatic heterocycles. The molecule has 3 heterocycles. The quantitative estimate of drug-likeness (QED) is 0.840. The number of hydrogen-bond donors (Lipinski definition) is 0. The highest BCUT2D eigenvalue weighted by molar-refractivity contribution is 5.78. The minimum absolute atomic E-state index is 0.0186. The van der Waals surface area contributed by atoms with Gasteiger partial charge in [-0.3, -0.25) is 0 Å². The summed E-state index contributed by atoms with van der Waals surface area (Å²) >= 11 is 0. The number of ether oxygens (including phenoxy) is 1. The number of nitrogens with zero attached hydrogens (tertiary/aromatic N) is 4. The van der Waals surface area contributed by atoms with Crippen molar-refractivity contribution in [3.63, 3.8) is 0 Å². The SMILES string of the molecule is CN1CCN(C(=O)N2CCC(Oc3ccc4ccccc4n3)C2)CC1. The molecule has 1 aromatic carbocycles. The lowest BCUT2D eigenvalue weighted by atomic mass is 10.2. The molecule has 132 valence electrons. The fourth-order valence-electron chi connectivity index (χ4n) is 3.48. The predicted molar refractivity (Wildman–Crippen MR) is 96.8 cm³/mol. The van der Waals surface area contributed by atoms with Gasteiger partial charge in [-0.2, -0.15) is 0 Å². The zero-order valence-corrected chi connectivity index (χ0v) is 14.6. The number of likely N-dealkylation sites (N-methyl/N-ethyl adjacent to an activating group) is 1. The first kappa shape index (κ1) is 16.1. The average molecular weight is 340 g/mol. The highest BCUT2D eigenvalue weighted by Crippen LogP contribution is 2.21. The number of benzene rings is 1. The molecule has 0 spiro atoms. The first-order valence-electron chi connectivity index (χ1n) is 8.94. The van der Waals surface area contributed by atoms with Crippen LogP contribution < -0.4 is 4.74 Å². The lowest BCUT2D eigenvalue weighted by molar-refractivity contribution is 0.123. The molecular formula is C19H24N4O2. The van der Waals surface area contributed by atoms with E-state index >= 15 is 0 Å². The van der Waals surface area contributed by atoms with Gasteiger partial charge >= 0.3 is 6.03 Å². The Balaban J connectivity index is 1.36. The van der Waals surface area contributed by atoms with Crippen LogP contribution in [0, 0.1) is 0 Å². The largest absolute Gasteiger partial charge is 0.472 e. The van der Waals surface area contributed by atoms with Crippen LogP contribution in [-0.4, -0.2) is 78.1 Å². The Kier molecular flexibility index (Phi) is 4.44. The molecule has 2 fully saturated rings. The third-order valence-electron chi connectivity index (χ3n) is 5.05. The second-order valence-corrected chi connectivity index (χ2v) is 6.89. The molecule has 1 aromatic heterocycles. The zero-order chi connectivity index (χ0) is 17.2. The summed E-state index contributed by atoms with van der Waals surface area (Å²) in [5, 5.41) is 1.10. The summed E-state index contributed by atoms with van der Waals surface area (Å²) < 4.78 is 6.04. The molecule has 0 radical (unpaired) electrons. The van der Waals surface area contributed by atoms with Gasteiger partial charge in [-0.15, -0.1) is 0 Å². The van der Waals surface area contributed by atoms with Crippen LogP contribution in [-0.2, 0) is 0 Å². The molecule has 2 aromatic rings. The maximum atomic E-state index is 12.6. The second kappa shape index (κ2) is 6.88. The molecule has 6 heteroatoms. The van der Waals surface area contributed by atoms with Gasteiger partial charge in [0.2, 0.25) is 5.88 Å². The van der Waals surface area contributed by atoms with E-state index in [0.717, 1.165) is 50.0 Å². The first-order valence-corrected chi connectivity index (χ1v) is 8.94. The number of aromatic nitrogens is 1. The number of para-hydroxylation sites is 1. The van der Waals surface area contributed by atoms with Crippen molar-refractivity contribution in [3.05, 3.63) is 36.4 Å². The maximum absolute atomic E-state index is 12.6. The summed E-state index contributed by atoms with van der Waals surface area (Å²) in [5.74, 6) is 0.637. The second-order valence-electron chi connectivity index (χ2n) is 6.89. The Bertz CT molecular complexity index is 758. The Morgan fingerprint density at radius 1 is 1.04 bits per heavy atom. The van der Waals surface area contributed by atoms with Crippen LogP contribution in [0.5, 0.6) is 5.88 Å². The monoisotopic (exact) mass is 340 g/mol. The van der Waals surface area contributed by atoms with Crippen LogP contribution in [0.3, 0.4) is 0 Å². The van der Waals surface area contributed by atoms with Gasteiger partial charge in [0.1, 0.15) is 6.10 Å². The highest BCUT2D eigenvalue weighted by Gasteiger charge is 2.31. The molecule has 1 atom stereocenters. The number of carbonyl (C=O) groups excluding carboxylic acids is 1. The Morgan fingerprint density at radius 2 is 1.84 bits per heavy atom. The number of likely N-dealkylation sites (tertiary alicyclic amines) is 1. The van der Waals surface area contributed by atoms with Crippen molar-refractivity contribution >= 4 is 16.9 Å². The fraction of sp³-hybridized carbons (Fsp3) is 0.474. The molecule has 4 rings (SSSR count). The number of fused-ring (bicyclic) bond motifs is 1. The summed E-state index contributed by atoms with van der Waals surface area (Å²) in [6, 6.07) is 12.1. The molecule has 0 aliphatic carbocycles. The number of urea groups is 1. The maximum Gasteiger partial charge on any atom is 0.320 e. The molecule has 0 bridgehead atoms. The number of hydrogen-bond acceptors (Lipinski definition) is 4. The smallest absolute Gasteiger partial charge is 0.320 e. The fourth-order valence-corrected chi connectivity index (χ4v) is 3.48. The van der Waals surface area contributed by atoms with E-state index in [9.17, 15) is 4.79 Å². The summed E-state index contributed by atoms with van der Waals surface area (Å²) in [6.45, 7) is 4.90. The number of amides is 2. The molecule has 0 saturated carbocycles. The van der Waals surface area contributed by atoms with Crippen LogP contribution in [0.4, 0.5) is 4.79 Å². The summed E-state index contributed by atoms with van der Waals surface area (Å²) in [7, 11) is 2.10. The molecule has 6 nitrogen and oxygen atoms in total. The Labute approximate surface area is 148 Å². The highest BCUT2D eigenvalue weighted by atomic mass is 16.5. The van der Waals surface area contributed by atoms with Crippen LogP contribution in [0.25, 0.3) is 10.9 Å². The van der Waals surface area contributed by atoms with Gasteiger partial charge in [-0.1, -0.05) is 18.2 Å². The standard InChI is InChI=1S/C19H24N4O2/c1-21-10-12-22(13-11-21)19(24)23-9-8-16(14-23)25-18-7-6-15-4-2-3-5-17(15)20-18/h2-7,16H,8-14H2,1H3. The Morgan fingerprint density at radius 3 is 2.68 bits per heavy atom. The van der Waals surface area contributed by atoms with Crippen LogP contribution in [0.15, 0.2) is 36.4 Å². The van der Waals surface area contributed by atoms with E-state index in [1.807, 2.05) is 46.2 Å². The van der Waals surface area contributed by atoms with E-state index < -0.39 is 0 Å². The lowest BCUT2D eigenvalue weighted by Gasteiger charge is -2.34. The van der Waals surface area contributed by atoms with Gasteiger partial charge in [0.05, 0.1) is 12.1 Å². The van der Waals surface area contributed by atoms with Gasteiger partial charge in [0.15, 0.2) is 0 Å². The molecule has 2 aliphatic rings. The van der Waals surface area contributed by atoms with Gasteiger partial charge < -0.3 is 19.4 Å². The van der Waals surface area contributed by atoms with Gasteiger partial charge in [0.25, 0.3) is 0 Å². The van der Waals surface area contributed by atoms with Crippen molar-refractivity contribution in [1.29, 1.82) is 0 Å². The van der Waals surface area contributed by atoms with E-state index in [-0.39, 0.29) is 12.1 Å². The van der Waals surface area contributed by atoms with Crippen molar-refractivity contribution in [1.82, 2.24) is 19.7 Å². The van der Waals surface area contributed by atoms with Crippen molar-refractivity contribution in [2.75, 3.05) is 46.3 Å². The molecule has 25 heavy (non-hydrogen) atoms. The summed E-state index contributed by atoms with van der Waals surface area (Å²) in [6.07, 6.45) is 0.874. The van der Waals surface area contributed by atoms with Gasteiger partial charge in [0, 0.05) is 50.6 Å². The van der Waals surface area contributed by atoms with Crippen LogP contribution >= 0.6 is 0 Å². The van der Waals surface area contributed by atoms with Crippen molar-refractivity contribution in [2.24, 2.45) is 0 Å². The van der Waals surface area contributed by atoms with Gasteiger partial charge in [-0.25, -0.2) is 9.78 Å². The first-order chi connectivity index (χ1) is 12.2. The molecule has 1 unspecified atom stereocenters. The van der Waals surface area contributed by atoms with Gasteiger partial charge in [-0.05, 0) is 19.2 Å². The molecule has 2 saturated heterocycles. The van der Waals surface area contributed by atoms with Crippen LogP contribution in [0.2, 0.25) is 0 Å². The predicted octanol–water partition coefficient (Wildman–Crippen LogP) is 2.06. The normalized spacial score (nSPS) is 21.7. The Hall–Kier alpha value is -2.34. The molecule has 0 N–H and O–H groups in total. The van der Waals surface area contributed by atoms with E-state index in [1.54, 1.807) is 0 Å². The summed E-state index contributed by atoms with van der Waals surface area (Å²) in [5.41, 5.74) is 0.934. The summed E-state index contributed by atoms with van der Waals surface area (Å²) in [4.78, 5) is 23.3. The molecular weight excluding hydrogens is 316 g/mol. The minimum atomic E-state index is 0.0186. The lowest BCUT2D eigenvalue weighted by Crippen LogP contribution is -2.51. The third kappa shape index (κ3) is 3.54. The van der Waals surface area contributed by atoms with E-state index in [2.05, 4.69) is 16.9 Å². The van der Waals surface area contributed by atoms with E-state index in [0.29, 0.717) is 12.4 Å². The third-order valence-corrected chi connectivity index (χ3v) is 5.05.